The molecule has 0 saturated carbocycles. The largest absolute Gasteiger partial charge is 0.467 e. The van der Waals surface area contributed by atoms with Crippen LogP contribution in [0.1, 0.15) is 36.5 Å². The minimum absolute atomic E-state index is 0.114. The molecule has 30 heavy (non-hydrogen) atoms. The van der Waals surface area contributed by atoms with Crippen molar-refractivity contribution < 1.29 is 9.21 Å². The van der Waals surface area contributed by atoms with Gasteiger partial charge in [-0.2, -0.15) is 9.78 Å². The Hall–Kier alpha value is -3.61. The Bertz CT molecular complexity index is 1240. The number of nitrogens with one attached hydrogen (secondary N) is 1. The van der Waals surface area contributed by atoms with E-state index in [9.17, 15) is 9.59 Å². The van der Waals surface area contributed by atoms with Crippen LogP contribution in [0.15, 0.2) is 64.1 Å². The molecule has 0 saturated heterocycles. The number of nitrogens with zero attached hydrogens (tertiary/aromatic N) is 3. The highest BCUT2D eigenvalue weighted by molar-refractivity contribution is 5.89. The third kappa shape index (κ3) is 3.32. The summed E-state index contributed by atoms with van der Waals surface area (Å²) in [5.41, 5.74) is 2.13. The summed E-state index contributed by atoms with van der Waals surface area (Å²) < 4.78 is 8.64. The van der Waals surface area contributed by atoms with Gasteiger partial charge in [-0.1, -0.05) is 25.1 Å². The van der Waals surface area contributed by atoms with E-state index in [2.05, 4.69) is 10.4 Å². The zero-order valence-corrected chi connectivity index (χ0v) is 17.3. The molecule has 154 valence electrons. The SMILES string of the molecule is CCC(C(=O)NCc1ccco1)n1c(C)c2cnn(-c3ccccc3)c(=O)c2c1C. The van der Waals surface area contributed by atoms with Crippen molar-refractivity contribution >= 4 is 16.7 Å². The summed E-state index contributed by atoms with van der Waals surface area (Å²) in [5, 5.41) is 8.66. The molecule has 0 aliphatic heterocycles. The van der Waals surface area contributed by atoms with Crippen LogP contribution in [0.25, 0.3) is 16.5 Å². The standard InChI is InChI=1S/C23H24N4O3/c1-4-20(22(28)24-13-18-11-8-12-30-18)26-15(2)19-14-25-27(17-9-6-5-7-10-17)23(29)21(19)16(26)3/h5-12,14,20H,4,13H2,1-3H3,(H,24,28). The molecule has 1 N–H and O–H groups in total. The van der Waals surface area contributed by atoms with Gasteiger partial charge in [0.25, 0.3) is 5.56 Å². The van der Waals surface area contributed by atoms with E-state index in [1.807, 2.05) is 61.7 Å². The average Bonchev–Trinajstić information content (AvgIpc) is 3.36. The fourth-order valence-corrected chi connectivity index (χ4v) is 3.99. The molecule has 3 aromatic heterocycles. The number of aromatic nitrogens is 3. The highest BCUT2D eigenvalue weighted by Crippen LogP contribution is 2.28. The van der Waals surface area contributed by atoms with Crippen LogP contribution in [0.4, 0.5) is 0 Å². The summed E-state index contributed by atoms with van der Waals surface area (Å²) in [6.45, 7) is 6.09. The summed E-state index contributed by atoms with van der Waals surface area (Å²) in [7, 11) is 0. The number of amides is 1. The topological polar surface area (TPSA) is 82.1 Å². The molecule has 3 heterocycles. The maximum Gasteiger partial charge on any atom is 0.281 e. The summed E-state index contributed by atoms with van der Waals surface area (Å²) in [6.07, 6.45) is 3.87. The minimum Gasteiger partial charge on any atom is -0.467 e. The van der Waals surface area contributed by atoms with Crippen LogP contribution >= 0.6 is 0 Å². The van der Waals surface area contributed by atoms with Gasteiger partial charge in [-0.3, -0.25) is 9.59 Å². The van der Waals surface area contributed by atoms with Gasteiger partial charge < -0.3 is 14.3 Å². The molecule has 0 fully saturated rings. The van der Waals surface area contributed by atoms with Crippen LogP contribution in [0, 0.1) is 13.8 Å². The van der Waals surface area contributed by atoms with Gasteiger partial charge >= 0.3 is 0 Å². The third-order valence-corrected chi connectivity index (χ3v) is 5.47. The molecule has 4 rings (SSSR count). The molecular formula is C23H24N4O3. The van der Waals surface area contributed by atoms with Gasteiger partial charge in [-0.25, -0.2) is 0 Å². The second-order valence-corrected chi connectivity index (χ2v) is 7.25. The first-order valence-corrected chi connectivity index (χ1v) is 9.97. The number of furan rings is 1. The number of benzene rings is 1. The third-order valence-electron chi connectivity index (χ3n) is 5.47. The Labute approximate surface area is 173 Å². The number of carbonyl (C=O) groups excluding carboxylic acids is 1. The number of para-hydroxylation sites is 1. The fourth-order valence-electron chi connectivity index (χ4n) is 3.99. The smallest absolute Gasteiger partial charge is 0.281 e. The van der Waals surface area contributed by atoms with E-state index in [-0.39, 0.29) is 11.5 Å². The lowest BCUT2D eigenvalue weighted by Crippen LogP contribution is -2.32. The van der Waals surface area contributed by atoms with E-state index in [0.29, 0.717) is 29.8 Å². The van der Waals surface area contributed by atoms with Gasteiger partial charge in [0.1, 0.15) is 11.8 Å². The lowest BCUT2D eigenvalue weighted by molar-refractivity contribution is -0.124. The van der Waals surface area contributed by atoms with Gasteiger partial charge in [0.15, 0.2) is 0 Å². The van der Waals surface area contributed by atoms with Crippen molar-refractivity contribution in [3.8, 4) is 5.69 Å². The highest BCUT2D eigenvalue weighted by atomic mass is 16.3. The Kier molecular flexibility index (Phi) is 5.27. The number of hydrogen-bond donors (Lipinski definition) is 1. The lowest BCUT2D eigenvalue weighted by atomic mass is 10.2. The molecule has 7 nitrogen and oxygen atoms in total. The van der Waals surface area contributed by atoms with Crippen LogP contribution in [0.5, 0.6) is 0 Å². The number of rotatable bonds is 6. The summed E-state index contributed by atoms with van der Waals surface area (Å²) in [4.78, 5) is 26.2. The molecule has 1 amide bonds. The van der Waals surface area contributed by atoms with E-state index in [1.165, 1.54) is 4.68 Å². The van der Waals surface area contributed by atoms with Crippen LogP contribution in [-0.2, 0) is 11.3 Å². The molecule has 0 aliphatic carbocycles. The first-order chi connectivity index (χ1) is 14.5. The number of fused-ring (bicyclic) bond motifs is 1. The van der Waals surface area contributed by atoms with Crippen LogP contribution in [0.2, 0.25) is 0 Å². The van der Waals surface area contributed by atoms with E-state index in [1.54, 1.807) is 18.5 Å². The second-order valence-electron chi connectivity index (χ2n) is 7.25. The van der Waals surface area contributed by atoms with E-state index in [0.717, 1.165) is 16.8 Å². The molecule has 0 spiro atoms. The Morgan fingerprint density at radius 1 is 1.13 bits per heavy atom. The predicted octanol–water partition coefficient (Wildman–Crippen LogP) is 3.66. The molecule has 1 atom stereocenters. The molecule has 7 heteroatoms. The van der Waals surface area contributed by atoms with Crippen molar-refractivity contribution in [1.82, 2.24) is 19.7 Å². The van der Waals surface area contributed by atoms with Gasteiger partial charge in [0, 0.05) is 16.8 Å². The molecular weight excluding hydrogens is 380 g/mol. The Balaban J connectivity index is 1.76. The zero-order chi connectivity index (χ0) is 21.3. The van der Waals surface area contributed by atoms with E-state index >= 15 is 0 Å². The Morgan fingerprint density at radius 2 is 1.90 bits per heavy atom. The van der Waals surface area contributed by atoms with Crippen molar-refractivity contribution in [2.75, 3.05) is 0 Å². The number of carbonyl (C=O) groups is 1. The maximum absolute atomic E-state index is 13.3. The zero-order valence-electron chi connectivity index (χ0n) is 17.3. The van der Waals surface area contributed by atoms with Gasteiger partial charge in [-0.05, 0) is 44.5 Å². The van der Waals surface area contributed by atoms with Crippen molar-refractivity contribution in [2.24, 2.45) is 0 Å². The Morgan fingerprint density at radius 3 is 2.57 bits per heavy atom. The molecule has 0 bridgehead atoms. The van der Waals surface area contributed by atoms with Gasteiger partial charge in [-0.15, -0.1) is 0 Å². The summed E-state index contributed by atoms with van der Waals surface area (Å²) in [5.74, 6) is 0.580. The lowest BCUT2D eigenvalue weighted by Gasteiger charge is -2.20. The van der Waals surface area contributed by atoms with Crippen LogP contribution in [-0.4, -0.2) is 20.3 Å². The number of hydrogen-bond acceptors (Lipinski definition) is 4. The average molecular weight is 404 g/mol. The fraction of sp³-hybridized carbons (Fsp3) is 0.261. The molecule has 0 radical (unpaired) electrons. The van der Waals surface area contributed by atoms with Gasteiger partial charge in [0.2, 0.25) is 5.91 Å². The quantitative estimate of drug-likeness (QED) is 0.532. The van der Waals surface area contributed by atoms with Crippen LogP contribution < -0.4 is 10.9 Å². The van der Waals surface area contributed by atoms with E-state index in [4.69, 9.17) is 4.42 Å². The first-order valence-electron chi connectivity index (χ1n) is 9.97. The molecule has 4 aromatic rings. The predicted molar refractivity (Wildman–Crippen MR) is 115 cm³/mol. The normalized spacial score (nSPS) is 12.2. The van der Waals surface area contributed by atoms with Crippen LogP contribution in [0.3, 0.4) is 0 Å². The molecule has 0 aliphatic rings. The van der Waals surface area contributed by atoms with Crippen molar-refractivity contribution in [2.45, 2.75) is 39.8 Å². The maximum atomic E-state index is 13.3. The second kappa shape index (κ2) is 8.02. The van der Waals surface area contributed by atoms with Crippen molar-refractivity contribution in [3.63, 3.8) is 0 Å². The van der Waals surface area contributed by atoms with E-state index < -0.39 is 6.04 Å². The van der Waals surface area contributed by atoms with Crippen molar-refractivity contribution in [3.05, 3.63) is 82.4 Å². The first kappa shape index (κ1) is 19.7. The summed E-state index contributed by atoms with van der Waals surface area (Å²) in [6, 6.07) is 12.5. The van der Waals surface area contributed by atoms with Gasteiger partial charge in [0.05, 0.1) is 30.1 Å². The summed E-state index contributed by atoms with van der Waals surface area (Å²) >= 11 is 0. The molecule has 1 aromatic carbocycles. The minimum atomic E-state index is -0.433. The highest BCUT2D eigenvalue weighted by Gasteiger charge is 2.25. The monoisotopic (exact) mass is 404 g/mol. The molecule has 1 unspecified atom stereocenters. The number of aryl methyl sites for hydroxylation is 2. The van der Waals surface area contributed by atoms with Crippen molar-refractivity contribution in [1.29, 1.82) is 0 Å².